The topological polar surface area (TPSA) is 86.8 Å². The van der Waals surface area contributed by atoms with E-state index in [-0.39, 0.29) is 29.8 Å². The van der Waals surface area contributed by atoms with Crippen LogP contribution in [0.25, 0.3) is 0 Å². The van der Waals surface area contributed by atoms with Gasteiger partial charge in [-0.2, -0.15) is 0 Å². The standard InChI is InChI=1S/C35H38ClN3O4S/c1-4-28-17-12-14-22-32(28)39(44(42,43)30-19-9-6-10-20-30)25-34(40)38(24-29-18-11-13-21-31(29)36)33(35(41)37-26(2)3)23-27-15-7-5-8-16-27/h5-22,26,33H,4,23-25H2,1-3H3,(H,37,41). The fraction of sp³-hybridized carbons (Fsp3) is 0.257. The van der Waals surface area contributed by atoms with Crippen LogP contribution in [0.5, 0.6) is 0 Å². The number of hydrogen-bond acceptors (Lipinski definition) is 4. The number of benzene rings is 4. The van der Waals surface area contributed by atoms with Gasteiger partial charge >= 0.3 is 0 Å². The van der Waals surface area contributed by atoms with Crippen LogP contribution in [0.2, 0.25) is 5.02 Å². The molecule has 230 valence electrons. The number of anilines is 1. The summed E-state index contributed by atoms with van der Waals surface area (Å²) in [5, 5.41) is 3.40. The lowest BCUT2D eigenvalue weighted by molar-refractivity contribution is -0.140. The fourth-order valence-corrected chi connectivity index (χ4v) is 6.70. The number of aryl methyl sites for hydroxylation is 1. The van der Waals surface area contributed by atoms with E-state index in [1.807, 2.05) is 69.3 Å². The molecule has 0 aromatic heterocycles. The first-order chi connectivity index (χ1) is 21.1. The molecule has 44 heavy (non-hydrogen) atoms. The Labute approximate surface area is 265 Å². The second-order valence-corrected chi connectivity index (χ2v) is 13.1. The molecule has 1 N–H and O–H groups in total. The molecule has 4 aromatic carbocycles. The average Bonchev–Trinajstić information content (AvgIpc) is 3.02. The van der Waals surface area contributed by atoms with Gasteiger partial charge in [0.15, 0.2) is 0 Å². The third-order valence-electron chi connectivity index (χ3n) is 7.25. The van der Waals surface area contributed by atoms with Gasteiger partial charge in [-0.1, -0.05) is 103 Å². The van der Waals surface area contributed by atoms with Crippen molar-refractivity contribution < 1.29 is 18.0 Å². The Morgan fingerprint density at radius 3 is 1.98 bits per heavy atom. The monoisotopic (exact) mass is 631 g/mol. The highest BCUT2D eigenvalue weighted by atomic mass is 35.5. The van der Waals surface area contributed by atoms with Crippen LogP contribution in [0, 0.1) is 0 Å². The lowest BCUT2D eigenvalue weighted by Crippen LogP contribution is -2.54. The highest BCUT2D eigenvalue weighted by molar-refractivity contribution is 7.92. The summed E-state index contributed by atoms with van der Waals surface area (Å²) in [4.78, 5) is 29.8. The highest BCUT2D eigenvalue weighted by Gasteiger charge is 2.35. The summed E-state index contributed by atoms with van der Waals surface area (Å²) < 4.78 is 29.5. The molecule has 0 bridgehead atoms. The van der Waals surface area contributed by atoms with Crippen LogP contribution in [0.1, 0.15) is 37.5 Å². The molecule has 4 rings (SSSR count). The van der Waals surface area contributed by atoms with Crippen molar-refractivity contribution in [1.82, 2.24) is 10.2 Å². The first-order valence-corrected chi connectivity index (χ1v) is 16.5. The first-order valence-electron chi connectivity index (χ1n) is 14.6. The molecule has 0 saturated heterocycles. The zero-order valence-corrected chi connectivity index (χ0v) is 26.8. The maximum absolute atomic E-state index is 14.5. The Bertz CT molecular complexity index is 1660. The quantitative estimate of drug-likeness (QED) is 0.189. The van der Waals surface area contributed by atoms with Crippen molar-refractivity contribution in [2.75, 3.05) is 10.8 Å². The number of para-hydroxylation sites is 1. The molecule has 0 aliphatic heterocycles. The fourth-order valence-electron chi connectivity index (χ4n) is 5.03. The lowest BCUT2D eigenvalue weighted by Gasteiger charge is -2.34. The normalized spacial score (nSPS) is 12.0. The van der Waals surface area contributed by atoms with Crippen molar-refractivity contribution in [3.63, 3.8) is 0 Å². The van der Waals surface area contributed by atoms with Crippen molar-refractivity contribution in [1.29, 1.82) is 0 Å². The predicted molar refractivity (Wildman–Crippen MR) is 176 cm³/mol. The molecule has 0 heterocycles. The molecule has 0 aliphatic rings. The van der Waals surface area contributed by atoms with Crippen molar-refractivity contribution in [3.8, 4) is 0 Å². The van der Waals surface area contributed by atoms with E-state index in [4.69, 9.17) is 11.6 Å². The number of hydrogen-bond donors (Lipinski definition) is 1. The third kappa shape index (κ3) is 8.07. The van der Waals surface area contributed by atoms with Crippen molar-refractivity contribution in [2.24, 2.45) is 0 Å². The van der Waals surface area contributed by atoms with Crippen LogP contribution in [-0.4, -0.2) is 43.8 Å². The largest absolute Gasteiger partial charge is 0.352 e. The van der Waals surface area contributed by atoms with Crippen molar-refractivity contribution >= 4 is 39.1 Å². The van der Waals surface area contributed by atoms with E-state index in [0.717, 1.165) is 15.4 Å². The molecule has 0 fully saturated rings. The summed E-state index contributed by atoms with van der Waals surface area (Å²) in [6.45, 7) is 5.14. The molecule has 0 spiro atoms. The van der Waals surface area contributed by atoms with E-state index < -0.39 is 28.5 Å². The number of nitrogens with one attached hydrogen (secondary N) is 1. The number of nitrogens with zero attached hydrogens (tertiary/aromatic N) is 2. The van der Waals surface area contributed by atoms with Gasteiger partial charge in [0.05, 0.1) is 10.6 Å². The van der Waals surface area contributed by atoms with Gasteiger partial charge in [0.1, 0.15) is 12.6 Å². The highest BCUT2D eigenvalue weighted by Crippen LogP contribution is 2.29. The van der Waals surface area contributed by atoms with Gasteiger partial charge in [-0.05, 0) is 61.2 Å². The molecule has 2 amide bonds. The lowest BCUT2D eigenvalue weighted by atomic mass is 10.0. The summed E-state index contributed by atoms with van der Waals surface area (Å²) in [6, 6.07) is 30.7. The summed E-state index contributed by atoms with van der Waals surface area (Å²) >= 11 is 6.55. The first kappa shape index (κ1) is 32.8. The molecule has 7 nitrogen and oxygen atoms in total. The SMILES string of the molecule is CCc1ccccc1N(CC(=O)N(Cc1ccccc1Cl)C(Cc1ccccc1)C(=O)NC(C)C)S(=O)(=O)c1ccccc1. The predicted octanol–water partition coefficient (Wildman–Crippen LogP) is 6.26. The average molecular weight is 632 g/mol. The van der Waals surface area contributed by atoms with Gasteiger partial charge < -0.3 is 10.2 Å². The van der Waals surface area contributed by atoms with E-state index in [1.165, 1.54) is 17.0 Å². The summed E-state index contributed by atoms with van der Waals surface area (Å²) in [5.41, 5.74) is 2.69. The minimum atomic E-state index is -4.16. The number of carbonyl (C=O) groups excluding carboxylic acids is 2. The molecule has 0 radical (unpaired) electrons. The molecule has 0 aliphatic carbocycles. The molecule has 9 heteroatoms. The Morgan fingerprint density at radius 1 is 0.795 bits per heavy atom. The van der Waals surface area contributed by atoms with Gasteiger partial charge in [0, 0.05) is 24.0 Å². The van der Waals surface area contributed by atoms with E-state index in [9.17, 15) is 18.0 Å². The third-order valence-corrected chi connectivity index (χ3v) is 9.39. The maximum Gasteiger partial charge on any atom is 0.264 e. The molecule has 4 aromatic rings. The Balaban J connectivity index is 1.83. The Hall–Kier alpha value is -4.14. The molecule has 0 saturated carbocycles. The number of carbonyl (C=O) groups is 2. The van der Waals surface area contributed by atoms with Crippen LogP contribution in [-0.2, 0) is 39.0 Å². The zero-order valence-electron chi connectivity index (χ0n) is 25.2. The summed E-state index contributed by atoms with van der Waals surface area (Å²) in [6.07, 6.45) is 0.786. The van der Waals surface area contributed by atoms with E-state index in [2.05, 4.69) is 5.32 Å². The van der Waals surface area contributed by atoms with Gasteiger partial charge in [-0.3, -0.25) is 13.9 Å². The number of sulfonamides is 1. The van der Waals surface area contributed by atoms with Crippen LogP contribution < -0.4 is 9.62 Å². The van der Waals surface area contributed by atoms with Gasteiger partial charge in [-0.15, -0.1) is 0 Å². The van der Waals surface area contributed by atoms with Crippen molar-refractivity contribution in [2.45, 2.75) is 57.1 Å². The zero-order chi connectivity index (χ0) is 31.7. The maximum atomic E-state index is 14.5. The van der Waals surface area contributed by atoms with E-state index in [0.29, 0.717) is 22.7 Å². The second kappa shape index (κ2) is 15.0. The van der Waals surface area contributed by atoms with E-state index in [1.54, 1.807) is 48.5 Å². The number of amides is 2. The van der Waals surface area contributed by atoms with Crippen LogP contribution >= 0.6 is 11.6 Å². The Morgan fingerprint density at radius 2 is 1.36 bits per heavy atom. The van der Waals surface area contributed by atoms with Crippen LogP contribution in [0.3, 0.4) is 0 Å². The van der Waals surface area contributed by atoms with Crippen molar-refractivity contribution in [3.05, 3.63) is 131 Å². The molecule has 1 unspecified atom stereocenters. The van der Waals surface area contributed by atoms with Gasteiger partial charge in [-0.25, -0.2) is 8.42 Å². The van der Waals surface area contributed by atoms with Crippen LogP contribution in [0.4, 0.5) is 5.69 Å². The number of rotatable bonds is 13. The minimum Gasteiger partial charge on any atom is -0.352 e. The van der Waals surface area contributed by atoms with Crippen LogP contribution in [0.15, 0.2) is 114 Å². The van der Waals surface area contributed by atoms with E-state index >= 15 is 0 Å². The summed E-state index contributed by atoms with van der Waals surface area (Å²) in [5.74, 6) is -0.870. The smallest absolute Gasteiger partial charge is 0.264 e. The van der Waals surface area contributed by atoms with Gasteiger partial charge in [0.2, 0.25) is 11.8 Å². The molecular weight excluding hydrogens is 594 g/mol. The Kier molecular flexibility index (Phi) is 11.2. The minimum absolute atomic E-state index is 0.0101. The summed E-state index contributed by atoms with van der Waals surface area (Å²) in [7, 11) is -4.16. The molecular formula is C35H38ClN3O4S. The molecule has 1 atom stereocenters. The second-order valence-electron chi connectivity index (χ2n) is 10.8. The number of halogens is 1. The van der Waals surface area contributed by atoms with Gasteiger partial charge in [0.25, 0.3) is 10.0 Å².